The van der Waals surface area contributed by atoms with Gasteiger partial charge in [0.1, 0.15) is 17.0 Å². The Kier molecular flexibility index (Phi) is 3.26. The molecule has 1 aliphatic rings. The highest BCUT2D eigenvalue weighted by Gasteiger charge is 2.54. The van der Waals surface area contributed by atoms with E-state index in [1.807, 2.05) is 0 Å². The fourth-order valence-corrected chi connectivity index (χ4v) is 2.61. The van der Waals surface area contributed by atoms with Gasteiger partial charge in [-0.15, -0.1) is 0 Å². The molecule has 1 aromatic carbocycles. The van der Waals surface area contributed by atoms with Crippen LogP contribution < -0.4 is 5.32 Å². The molecule has 2 rings (SSSR count). The van der Waals surface area contributed by atoms with Crippen LogP contribution in [0, 0.1) is 11.6 Å². The van der Waals surface area contributed by atoms with Gasteiger partial charge in [0.25, 0.3) is 0 Å². The zero-order valence-corrected chi connectivity index (χ0v) is 10.2. The Labute approximate surface area is 108 Å². The van der Waals surface area contributed by atoms with Crippen LogP contribution in [0.5, 0.6) is 0 Å². The molecule has 0 unspecified atom stereocenters. The average Bonchev–Trinajstić information content (AvgIpc) is 2.23. The minimum Gasteiger partial charge on any atom is -0.481 e. The summed E-state index contributed by atoms with van der Waals surface area (Å²) in [4.78, 5) is 22.3. The van der Waals surface area contributed by atoms with E-state index in [2.05, 4.69) is 5.32 Å². The van der Waals surface area contributed by atoms with Crippen LogP contribution in [0.1, 0.15) is 25.3 Å². The smallest absolute Gasteiger partial charge is 0.314 e. The molecule has 1 fully saturated rings. The highest BCUT2D eigenvalue weighted by atomic mass is 19.1. The summed E-state index contributed by atoms with van der Waals surface area (Å²) in [6.45, 7) is 1.31. The van der Waals surface area contributed by atoms with Gasteiger partial charge in [0.15, 0.2) is 0 Å². The Morgan fingerprint density at radius 2 is 1.84 bits per heavy atom. The molecule has 0 heterocycles. The van der Waals surface area contributed by atoms with Crippen LogP contribution in [0.4, 0.5) is 8.78 Å². The second-order valence-corrected chi connectivity index (χ2v) is 4.79. The summed E-state index contributed by atoms with van der Waals surface area (Å²) in [6.07, 6.45) is -0.0282. The molecular weight excluding hydrogens is 256 g/mol. The molecule has 4 nitrogen and oxygen atoms in total. The summed E-state index contributed by atoms with van der Waals surface area (Å²) in [7, 11) is 0. The van der Waals surface area contributed by atoms with Crippen LogP contribution in [-0.2, 0) is 15.0 Å². The lowest BCUT2D eigenvalue weighted by Crippen LogP contribution is -2.57. The van der Waals surface area contributed by atoms with Crippen LogP contribution in [0.2, 0.25) is 0 Å². The maximum atomic E-state index is 13.7. The molecule has 2 N–H and O–H groups in total. The van der Waals surface area contributed by atoms with E-state index in [0.717, 1.165) is 12.1 Å². The first-order valence-corrected chi connectivity index (χ1v) is 5.82. The standard InChI is InChI=1S/C13H13F2NO3/c1-7(17)16-8-5-13(6-8,12(18)19)11-9(14)3-2-4-10(11)15/h2-4,8H,5-6H2,1H3,(H,16,17)(H,18,19). The molecule has 0 saturated heterocycles. The molecule has 0 bridgehead atoms. The van der Waals surface area contributed by atoms with Crippen molar-refractivity contribution in [2.45, 2.75) is 31.2 Å². The number of rotatable bonds is 3. The van der Waals surface area contributed by atoms with Crippen molar-refractivity contribution in [3.8, 4) is 0 Å². The SMILES string of the molecule is CC(=O)NC1CC(C(=O)O)(c2c(F)cccc2F)C1. The number of hydrogen-bond donors (Lipinski definition) is 2. The lowest BCUT2D eigenvalue weighted by Gasteiger charge is -2.44. The lowest BCUT2D eigenvalue weighted by molar-refractivity contribution is -0.149. The van der Waals surface area contributed by atoms with Gasteiger partial charge in [-0.25, -0.2) is 8.78 Å². The van der Waals surface area contributed by atoms with E-state index in [4.69, 9.17) is 0 Å². The van der Waals surface area contributed by atoms with E-state index >= 15 is 0 Å². The number of halogens is 2. The van der Waals surface area contributed by atoms with Gasteiger partial charge in [-0.3, -0.25) is 9.59 Å². The first kappa shape index (κ1) is 13.5. The number of carboxylic acids is 1. The van der Waals surface area contributed by atoms with Gasteiger partial charge in [0.2, 0.25) is 5.91 Å². The second kappa shape index (κ2) is 4.60. The van der Waals surface area contributed by atoms with Gasteiger partial charge in [0, 0.05) is 18.5 Å². The third-order valence-electron chi connectivity index (χ3n) is 3.45. The van der Waals surface area contributed by atoms with Crippen molar-refractivity contribution in [1.29, 1.82) is 0 Å². The van der Waals surface area contributed by atoms with E-state index < -0.39 is 28.6 Å². The third-order valence-corrected chi connectivity index (χ3v) is 3.45. The van der Waals surface area contributed by atoms with Crippen LogP contribution in [0.15, 0.2) is 18.2 Å². The summed E-state index contributed by atoms with van der Waals surface area (Å²) in [5.41, 5.74) is -2.02. The Morgan fingerprint density at radius 3 is 2.26 bits per heavy atom. The largest absolute Gasteiger partial charge is 0.481 e. The molecule has 102 valence electrons. The predicted molar refractivity (Wildman–Crippen MR) is 62.5 cm³/mol. The maximum Gasteiger partial charge on any atom is 0.314 e. The summed E-state index contributed by atoms with van der Waals surface area (Å²) >= 11 is 0. The summed E-state index contributed by atoms with van der Waals surface area (Å²) in [6, 6.07) is 2.89. The van der Waals surface area contributed by atoms with E-state index in [1.165, 1.54) is 13.0 Å². The minimum atomic E-state index is -1.59. The van der Waals surface area contributed by atoms with Crippen molar-refractivity contribution < 1.29 is 23.5 Å². The van der Waals surface area contributed by atoms with Gasteiger partial charge >= 0.3 is 5.97 Å². The minimum absolute atomic E-state index is 0.0141. The zero-order valence-electron chi connectivity index (χ0n) is 10.2. The van der Waals surface area contributed by atoms with Crippen molar-refractivity contribution in [2.24, 2.45) is 0 Å². The highest BCUT2D eigenvalue weighted by Crippen LogP contribution is 2.46. The quantitative estimate of drug-likeness (QED) is 0.875. The second-order valence-electron chi connectivity index (χ2n) is 4.79. The zero-order chi connectivity index (χ0) is 14.2. The molecule has 19 heavy (non-hydrogen) atoms. The van der Waals surface area contributed by atoms with Crippen LogP contribution in [0.25, 0.3) is 0 Å². The van der Waals surface area contributed by atoms with Crippen LogP contribution in [-0.4, -0.2) is 23.0 Å². The molecule has 6 heteroatoms. The maximum absolute atomic E-state index is 13.7. The third kappa shape index (κ3) is 2.18. The van der Waals surface area contributed by atoms with Gasteiger partial charge in [-0.05, 0) is 25.0 Å². The van der Waals surface area contributed by atoms with Crippen molar-refractivity contribution in [1.82, 2.24) is 5.32 Å². The number of nitrogens with one attached hydrogen (secondary N) is 1. The summed E-state index contributed by atoms with van der Waals surface area (Å²) in [5, 5.41) is 11.8. The number of carbonyl (C=O) groups is 2. The number of carboxylic acid groups (broad SMARTS) is 1. The predicted octanol–water partition coefficient (Wildman–Crippen LogP) is 1.59. The molecule has 1 aromatic rings. The average molecular weight is 269 g/mol. The number of aliphatic carboxylic acids is 1. The van der Waals surface area contributed by atoms with Gasteiger partial charge < -0.3 is 10.4 Å². The molecule has 0 radical (unpaired) electrons. The first-order valence-electron chi connectivity index (χ1n) is 5.82. The molecular formula is C13H13F2NO3. The molecule has 1 amide bonds. The number of carbonyl (C=O) groups excluding carboxylic acids is 1. The fourth-order valence-electron chi connectivity index (χ4n) is 2.61. The number of amides is 1. The Balaban J connectivity index is 2.34. The van der Waals surface area contributed by atoms with Gasteiger partial charge in [0.05, 0.1) is 0 Å². The van der Waals surface area contributed by atoms with Crippen molar-refractivity contribution >= 4 is 11.9 Å². The van der Waals surface area contributed by atoms with E-state index in [-0.39, 0.29) is 24.8 Å². The van der Waals surface area contributed by atoms with E-state index in [1.54, 1.807) is 0 Å². The Morgan fingerprint density at radius 1 is 1.32 bits per heavy atom. The molecule has 0 aliphatic heterocycles. The molecule has 0 aromatic heterocycles. The monoisotopic (exact) mass is 269 g/mol. The van der Waals surface area contributed by atoms with Crippen molar-refractivity contribution in [3.63, 3.8) is 0 Å². The summed E-state index contributed by atoms with van der Waals surface area (Å²) < 4.78 is 27.5. The van der Waals surface area contributed by atoms with E-state index in [0.29, 0.717) is 0 Å². The fraction of sp³-hybridized carbons (Fsp3) is 0.385. The molecule has 1 saturated carbocycles. The van der Waals surface area contributed by atoms with Crippen molar-refractivity contribution in [2.75, 3.05) is 0 Å². The lowest BCUT2D eigenvalue weighted by atomic mass is 9.61. The number of benzene rings is 1. The van der Waals surface area contributed by atoms with Crippen LogP contribution in [0.3, 0.4) is 0 Å². The molecule has 0 atom stereocenters. The highest BCUT2D eigenvalue weighted by molar-refractivity contribution is 5.84. The first-order chi connectivity index (χ1) is 8.86. The van der Waals surface area contributed by atoms with Gasteiger partial charge in [-0.2, -0.15) is 0 Å². The Bertz CT molecular complexity index is 518. The van der Waals surface area contributed by atoms with Crippen molar-refractivity contribution in [3.05, 3.63) is 35.4 Å². The van der Waals surface area contributed by atoms with Crippen LogP contribution >= 0.6 is 0 Å². The van der Waals surface area contributed by atoms with E-state index in [9.17, 15) is 23.5 Å². The molecule has 1 aliphatic carbocycles. The number of hydrogen-bond acceptors (Lipinski definition) is 2. The normalized spacial score (nSPS) is 25.5. The van der Waals surface area contributed by atoms with Gasteiger partial charge in [-0.1, -0.05) is 6.07 Å². The summed E-state index contributed by atoms with van der Waals surface area (Å²) in [5.74, 6) is -3.32. The molecule has 0 spiro atoms. The Hall–Kier alpha value is -1.98. The topological polar surface area (TPSA) is 66.4 Å².